The number of hydrogen-bond acceptors (Lipinski definition) is 5. The quantitative estimate of drug-likeness (QED) is 0.435. The molecule has 1 rings (SSSR count). The van der Waals surface area contributed by atoms with Gasteiger partial charge in [0.2, 0.25) is 10.0 Å². The molecule has 0 fully saturated rings. The molecule has 0 radical (unpaired) electrons. The second-order valence-electron chi connectivity index (χ2n) is 4.65. The second kappa shape index (κ2) is 6.74. The van der Waals surface area contributed by atoms with Gasteiger partial charge in [0.25, 0.3) is 0 Å². The molecule has 0 saturated carbocycles. The maximum absolute atomic E-state index is 11.2. The van der Waals surface area contributed by atoms with Crippen molar-refractivity contribution in [2.75, 3.05) is 24.2 Å². The third-order valence-electron chi connectivity index (χ3n) is 2.83. The van der Waals surface area contributed by atoms with Crippen molar-refractivity contribution in [1.29, 1.82) is 0 Å². The molecule has 0 saturated heterocycles. The van der Waals surface area contributed by atoms with Crippen LogP contribution < -0.4 is 16.2 Å². The number of anilines is 2. The van der Waals surface area contributed by atoms with Gasteiger partial charge in [0.05, 0.1) is 5.69 Å². The monoisotopic (exact) mass is 287 g/mol. The Morgan fingerprint density at radius 2 is 2.11 bits per heavy atom. The maximum Gasteiger partial charge on any atom is 0.240 e. The van der Waals surface area contributed by atoms with Crippen LogP contribution in [0.1, 0.15) is 19.8 Å². The van der Waals surface area contributed by atoms with E-state index in [1.54, 1.807) is 12.1 Å². The molecule has 0 amide bonds. The molecular formula is C12H21N3O3S. The van der Waals surface area contributed by atoms with Crippen molar-refractivity contribution in [3.05, 3.63) is 18.2 Å². The molecule has 1 unspecified atom stereocenters. The Labute approximate surface area is 113 Å². The highest BCUT2D eigenvalue weighted by atomic mass is 32.2. The Balaban J connectivity index is 2.55. The minimum absolute atomic E-state index is 0.0630. The molecule has 19 heavy (non-hydrogen) atoms. The topological polar surface area (TPSA) is 118 Å². The summed E-state index contributed by atoms with van der Waals surface area (Å²) < 4.78 is 22.4. The zero-order valence-electron chi connectivity index (χ0n) is 11.0. The van der Waals surface area contributed by atoms with Gasteiger partial charge in [-0.25, -0.2) is 13.6 Å². The normalized spacial score (nSPS) is 13.2. The lowest BCUT2D eigenvalue weighted by Crippen LogP contribution is -2.14. The van der Waals surface area contributed by atoms with E-state index in [2.05, 4.69) is 5.32 Å². The molecule has 6 N–H and O–H groups in total. The number of benzene rings is 1. The van der Waals surface area contributed by atoms with Gasteiger partial charge in [-0.1, -0.05) is 6.92 Å². The summed E-state index contributed by atoms with van der Waals surface area (Å²) >= 11 is 0. The number of rotatable bonds is 7. The van der Waals surface area contributed by atoms with E-state index >= 15 is 0 Å². The number of nitrogen functional groups attached to an aromatic ring is 1. The molecule has 0 heterocycles. The molecule has 7 heteroatoms. The lowest BCUT2D eigenvalue weighted by Gasteiger charge is -2.11. The van der Waals surface area contributed by atoms with Crippen LogP contribution in [0, 0.1) is 5.92 Å². The van der Waals surface area contributed by atoms with Crippen LogP contribution in [0.3, 0.4) is 0 Å². The van der Waals surface area contributed by atoms with Gasteiger partial charge in [0.1, 0.15) is 4.90 Å². The number of aliphatic hydroxyl groups is 1. The lowest BCUT2D eigenvalue weighted by molar-refractivity contribution is 0.229. The first-order chi connectivity index (χ1) is 8.84. The Bertz CT molecular complexity index is 517. The third-order valence-corrected chi connectivity index (χ3v) is 3.82. The van der Waals surface area contributed by atoms with Crippen molar-refractivity contribution in [1.82, 2.24) is 0 Å². The van der Waals surface area contributed by atoms with E-state index in [0.717, 1.165) is 25.1 Å². The first-order valence-electron chi connectivity index (χ1n) is 6.11. The zero-order valence-corrected chi connectivity index (χ0v) is 11.8. The van der Waals surface area contributed by atoms with Gasteiger partial charge in [-0.05, 0) is 37.0 Å². The van der Waals surface area contributed by atoms with Crippen LogP contribution in [0.25, 0.3) is 0 Å². The van der Waals surface area contributed by atoms with E-state index in [0.29, 0.717) is 0 Å². The minimum atomic E-state index is -3.77. The third kappa shape index (κ3) is 5.06. The summed E-state index contributed by atoms with van der Waals surface area (Å²) in [6, 6.07) is 4.57. The van der Waals surface area contributed by atoms with Gasteiger partial charge >= 0.3 is 0 Å². The molecule has 0 aliphatic carbocycles. The Morgan fingerprint density at radius 3 is 2.63 bits per heavy atom. The van der Waals surface area contributed by atoms with Crippen molar-refractivity contribution < 1.29 is 13.5 Å². The Kier molecular flexibility index (Phi) is 5.59. The van der Waals surface area contributed by atoms with Crippen molar-refractivity contribution in [3.8, 4) is 0 Å². The van der Waals surface area contributed by atoms with E-state index in [4.69, 9.17) is 16.0 Å². The molecule has 1 atom stereocenters. The van der Waals surface area contributed by atoms with Crippen LogP contribution in [-0.4, -0.2) is 26.7 Å². The van der Waals surface area contributed by atoms with Crippen LogP contribution in [-0.2, 0) is 10.0 Å². The largest absolute Gasteiger partial charge is 0.398 e. The van der Waals surface area contributed by atoms with Gasteiger partial charge in [-0.15, -0.1) is 0 Å². The number of sulfonamides is 1. The Morgan fingerprint density at radius 1 is 1.42 bits per heavy atom. The minimum Gasteiger partial charge on any atom is -0.398 e. The van der Waals surface area contributed by atoms with E-state index in [1.807, 2.05) is 6.92 Å². The molecular weight excluding hydrogens is 266 g/mol. The number of nitrogens with one attached hydrogen (secondary N) is 1. The molecule has 0 aromatic heterocycles. The Hall–Kier alpha value is -1.31. The van der Waals surface area contributed by atoms with Gasteiger partial charge < -0.3 is 16.2 Å². The number of aliphatic hydroxyl groups excluding tert-OH is 1. The first-order valence-corrected chi connectivity index (χ1v) is 7.66. The van der Waals surface area contributed by atoms with Gasteiger partial charge in [-0.2, -0.15) is 0 Å². The lowest BCUT2D eigenvalue weighted by atomic mass is 10.1. The number of hydrogen-bond donors (Lipinski definition) is 4. The molecule has 108 valence electrons. The summed E-state index contributed by atoms with van der Waals surface area (Å²) in [5.74, 6) is 0.289. The second-order valence-corrected chi connectivity index (χ2v) is 6.18. The molecule has 0 aliphatic heterocycles. The molecule has 0 aliphatic rings. The van der Waals surface area contributed by atoms with Crippen LogP contribution in [0.5, 0.6) is 0 Å². The van der Waals surface area contributed by atoms with Gasteiger partial charge in [-0.3, -0.25) is 0 Å². The molecule has 1 aromatic rings. The van der Waals surface area contributed by atoms with E-state index in [1.165, 1.54) is 6.07 Å². The van der Waals surface area contributed by atoms with E-state index in [9.17, 15) is 8.42 Å². The van der Waals surface area contributed by atoms with Crippen molar-refractivity contribution in [2.45, 2.75) is 24.7 Å². The highest BCUT2D eigenvalue weighted by molar-refractivity contribution is 7.89. The molecule has 0 bridgehead atoms. The smallest absolute Gasteiger partial charge is 0.240 e. The van der Waals surface area contributed by atoms with Crippen LogP contribution in [0.15, 0.2) is 23.1 Å². The van der Waals surface area contributed by atoms with Crippen LogP contribution in [0.2, 0.25) is 0 Å². The fourth-order valence-electron chi connectivity index (χ4n) is 1.69. The summed E-state index contributed by atoms with van der Waals surface area (Å²) in [5, 5.41) is 17.1. The average Bonchev–Trinajstić information content (AvgIpc) is 2.32. The van der Waals surface area contributed by atoms with Crippen molar-refractivity contribution >= 4 is 21.4 Å². The number of nitrogens with two attached hydrogens (primary N) is 2. The van der Waals surface area contributed by atoms with Crippen LogP contribution in [0.4, 0.5) is 11.4 Å². The predicted octanol–water partition coefficient (Wildman–Crippen LogP) is 0.737. The molecule has 0 spiro atoms. The van der Waals surface area contributed by atoms with Crippen LogP contribution >= 0.6 is 0 Å². The first kappa shape index (κ1) is 15.7. The highest BCUT2D eigenvalue weighted by Crippen LogP contribution is 2.21. The average molecular weight is 287 g/mol. The van der Waals surface area contributed by atoms with Crippen molar-refractivity contribution in [2.24, 2.45) is 11.1 Å². The van der Waals surface area contributed by atoms with Crippen molar-refractivity contribution in [3.63, 3.8) is 0 Å². The molecule has 1 aromatic carbocycles. The van der Waals surface area contributed by atoms with Gasteiger partial charge in [0.15, 0.2) is 0 Å². The summed E-state index contributed by atoms with van der Waals surface area (Å²) in [5.41, 5.74) is 6.54. The standard InChI is InChI=1S/C12H21N3O3S/c1-9(8-16)3-2-6-15-10-4-5-12(11(13)7-10)19(14,17)18/h4-5,7,9,15-16H,2-3,6,8,13H2,1H3,(H2,14,17,18). The highest BCUT2D eigenvalue weighted by Gasteiger charge is 2.12. The number of primary sulfonamides is 1. The predicted molar refractivity (Wildman–Crippen MR) is 76.2 cm³/mol. The summed E-state index contributed by atoms with van der Waals surface area (Å²) in [6.07, 6.45) is 1.84. The zero-order chi connectivity index (χ0) is 14.5. The molecule has 6 nitrogen and oxygen atoms in total. The SMILES string of the molecule is CC(CO)CCCNc1ccc(S(N)(=O)=O)c(N)c1. The van der Waals surface area contributed by atoms with E-state index < -0.39 is 10.0 Å². The van der Waals surface area contributed by atoms with E-state index in [-0.39, 0.29) is 23.1 Å². The summed E-state index contributed by atoms with van der Waals surface area (Å²) in [7, 11) is -3.77. The summed E-state index contributed by atoms with van der Waals surface area (Å²) in [6.45, 7) is 2.91. The summed E-state index contributed by atoms with van der Waals surface area (Å²) in [4.78, 5) is -0.0630. The fourth-order valence-corrected chi connectivity index (χ4v) is 2.34. The maximum atomic E-state index is 11.2. The van der Waals surface area contributed by atoms with Gasteiger partial charge in [0, 0.05) is 18.8 Å². The fraction of sp³-hybridized carbons (Fsp3) is 0.500.